The highest BCUT2D eigenvalue weighted by atomic mass is 32.1. The van der Waals surface area contributed by atoms with Gasteiger partial charge in [-0.3, -0.25) is 0 Å². The fourth-order valence-corrected chi connectivity index (χ4v) is 1.93. The summed E-state index contributed by atoms with van der Waals surface area (Å²) in [6, 6.07) is 3.58. The van der Waals surface area contributed by atoms with Crippen LogP contribution >= 0.6 is 11.3 Å². The predicted molar refractivity (Wildman–Crippen MR) is 62.8 cm³/mol. The zero-order valence-corrected chi connectivity index (χ0v) is 9.21. The van der Waals surface area contributed by atoms with Crippen molar-refractivity contribution in [2.24, 2.45) is 0 Å². The van der Waals surface area contributed by atoms with Crippen molar-refractivity contribution in [1.29, 1.82) is 0 Å². The van der Waals surface area contributed by atoms with Gasteiger partial charge >= 0.3 is 0 Å². The van der Waals surface area contributed by atoms with Crippen molar-refractivity contribution in [2.75, 3.05) is 11.1 Å². The number of pyridine rings is 1. The van der Waals surface area contributed by atoms with Crippen LogP contribution in [-0.2, 0) is 6.54 Å². The summed E-state index contributed by atoms with van der Waals surface area (Å²) in [7, 11) is 0. The fourth-order valence-electron chi connectivity index (χ4n) is 1.21. The van der Waals surface area contributed by atoms with Crippen molar-refractivity contribution in [3.05, 3.63) is 34.4 Å². The highest BCUT2D eigenvalue weighted by molar-refractivity contribution is 7.09. The summed E-state index contributed by atoms with van der Waals surface area (Å²) < 4.78 is 0. The average Bonchev–Trinajstić information content (AvgIpc) is 2.61. The van der Waals surface area contributed by atoms with Gasteiger partial charge in [-0.1, -0.05) is 0 Å². The first-order valence-corrected chi connectivity index (χ1v) is 5.48. The number of thiazole rings is 1. The summed E-state index contributed by atoms with van der Waals surface area (Å²) >= 11 is 1.64. The Bertz CT molecular complexity index is 452. The van der Waals surface area contributed by atoms with Gasteiger partial charge < -0.3 is 11.1 Å². The van der Waals surface area contributed by atoms with Gasteiger partial charge in [0.1, 0.15) is 5.82 Å². The molecule has 0 bridgehead atoms. The zero-order valence-electron chi connectivity index (χ0n) is 8.40. The highest BCUT2D eigenvalue weighted by Crippen LogP contribution is 2.15. The number of anilines is 2. The van der Waals surface area contributed by atoms with Gasteiger partial charge in [-0.2, -0.15) is 0 Å². The van der Waals surface area contributed by atoms with E-state index in [1.165, 1.54) is 4.88 Å². The van der Waals surface area contributed by atoms with Gasteiger partial charge in [0.2, 0.25) is 0 Å². The maximum atomic E-state index is 5.65. The number of hydrogen-bond donors (Lipinski definition) is 2. The topological polar surface area (TPSA) is 63.8 Å². The van der Waals surface area contributed by atoms with Crippen molar-refractivity contribution >= 4 is 22.8 Å². The summed E-state index contributed by atoms with van der Waals surface area (Å²) in [6.45, 7) is 2.74. The third kappa shape index (κ3) is 2.44. The molecular formula is C10H12N4S. The molecule has 2 aromatic heterocycles. The van der Waals surface area contributed by atoms with Crippen LogP contribution in [0.3, 0.4) is 0 Å². The SMILES string of the molecule is Cc1ncsc1CNc1cc(N)ccn1. The lowest BCUT2D eigenvalue weighted by molar-refractivity contribution is 1.10. The zero-order chi connectivity index (χ0) is 10.7. The smallest absolute Gasteiger partial charge is 0.128 e. The normalized spacial score (nSPS) is 10.2. The first kappa shape index (κ1) is 9.92. The van der Waals surface area contributed by atoms with Crippen LogP contribution in [-0.4, -0.2) is 9.97 Å². The number of rotatable bonds is 3. The van der Waals surface area contributed by atoms with Crippen LogP contribution in [0.25, 0.3) is 0 Å². The Kier molecular flexibility index (Phi) is 2.82. The van der Waals surface area contributed by atoms with Gasteiger partial charge in [0, 0.05) is 22.8 Å². The van der Waals surface area contributed by atoms with E-state index in [0.717, 1.165) is 18.1 Å². The number of aryl methyl sites for hydroxylation is 1. The molecule has 0 spiro atoms. The minimum Gasteiger partial charge on any atom is -0.399 e. The summed E-state index contributed by atoms with van der Waals surface area (Å²) in [5, 5.41) is 3.21. The number of nitrogens with one attached hydrogen (secondary N) is 1. The molecule has 0 saturated heterocycles. The molecule has 15 heavy (non-hydrogen) atoms. The quantitative estimate of drug-likeness (QED) is 0.830. The Morgan fingerprint density at radius 2 is 2.33 bits per heavy atom. The molecule has 3 N–H and O–H groups in total. The van der Waals surface area contributed by atoms with Crippen molar-refractivity contribution in [1.82, 2.24) is 9.97 Å². The molecule has 0 aliphatic rings. The van der Waals surface area contributed by atoms with Crippen LogP contribution in [0.4, 0.5) is 11.5 Å². The second kappa shape index (κ2) is 4.27. The molecule has 0 radical (unpaired) electrons. The van der Waals surface area contributed by atoms with E-state index in [4.69, 9.17) is 5.73 Å². The number of hydrogen-bond acceptors (Lipinski definition) is 5. The molecule has 0 aromatic carbocycles. The lowest BCUT2D eigenvalue weighted by atomic mass is 10.3. The number of nitrogens with two attached hydrogens (primary N) is 1. The standard InChI is InChI=1S/C10H12N4S/c1-7-9(15-6-14-7)5-13-10-4-8(11)2-3-12-10/h2-4,6H,5H2,1H3,(H3,11,12,13). The molecule has 0 aliphatic heterocycles. The third-order valence-electron chi connectivity index (χ3n) is 2.06. The minimum absolute atomic E-state index is 0.716. The summed E-state index contributed by atoms with van der Waals surface area (Å²) in [4.78, 5) is 9.56. The van der Waals surface area contributed by atoms with E-state index in [0.29, 0.717) is 5.69 Å². The van der Waals surface area contributed by atoms with Crippen molar-refractivity contribution < 1.29 is 0 Å². The van der Waals surface area contributed by atoms with Crippen molar-refractivity contribution in [3.8, 4) is 0 Å². The molecule has 0 atom stereocenters. The summed E-state index contributed by atoms with van der Waals surface area (Å²) in [5.41, 5.74) is 9.28. The van der Waals surface area contributed by atoms with Crippen LogP contribution in [0.5, 0.6) is 0 Å². The summed E-state index contributed by atoms with van der Waals surface area (Å²) in [6.07, 6.45) is 1.69. The van der Waals surface area contributed by atoms with E-state index in [-0.39, 0.29) is 0 Å². The molecule has 2 rings (SSSR count). The Labute approximate surface area is 92.2 Å². The van der Waals surface area contributed by atoms with Gasteiger partial charge in [0.25, 0.3) is 0 Å². The molecule has 4 nitrogen and oxygen atoms in total. The summed E-state index contributed by atoms with van der Waals surface area (Å²) in [5.74, 6) is 0.794. The number of nitrogen functional groups attached to an aromatic ring is 1. The minimum atomic E-state index is 0.716. The molecule has 0 saturated carbocycles. The second-order valence-electron chi connectivity index (χ2n) is 3.19. The maximum absolute atomic E-state index is 5.65. The van der Waals surface area contributed by atoms with E-state index in [1.807, 2.05) is 18.5 Å². The first-order valence-electron chi connectivity index (χ1n) is 4.60. The fraction of sp³-hybridized carbons (Fsp3) is 0.200. The lowest BCUT2D eigenvalue weighted by Crippen LogP contribution is -2.01. The highest BCUT2D eigenvalue weighted by Gasteiger charge is 2.01. The molecule has 5 heteroatoms. The third-order valence-corrected chi connectivity index (χ3v) is 2.99. The average molecular weight is 220 g/mol. The molecule has 0 unspecified atom stereocenters. The van der Waals surface area contributed by atoms with Crippen molar-refractivity contribution in [2.45, 2.75) is 13.5 Å². The van der Waals surface area contributed by atoms with Crippen LogP contribution < -0.4 is 11.1 Å². The Morgan fingerprint density at radius 3 is 3.00 bits per heavy atom. The van der Waals surface area contributed by atoms with E-state index < -0.39 is 0 Å². The van der Waals surface area contributed by atoms with Gasteiger partial charge in [-0.25, -0.2) is 9.97 Å². The molecule has 0 aliphatic carbocycles. The van der Waals surface area contributed by atoms with Gasteiger partial charge in [-0.05, 0) is 13.0 Å². The predicted octanol–water partition coefficient (Wildman–Crippen LogP) is 2.04. The Morgan fingerprint density at radius 1 is 1.47 bits per heavy atom. The molecule has 2 aromatic rings. The molecule has 0 amide bonds. The first-order chi connectivity index (χ1) is 7.25. The monoisotopic (exact) mass is 220 g/mol. The maximum Gasteiger partial charge on any atom is 0.128 e. The van der Waals surface area contributed by atoms with Crippen LogP contribution in [0.15, 0.2) is 23.8 Å². The Balaban J connectivity index is 2.02. The van der Waals surface area contributed by atoms with E-state index in [1.54, 1.807) is 23.6 Å². The van der Waals surface area contributed by atoms with Crippen molar-refractivity contribution in [3.63, 3.8) is 0 Å². The van der Waals surface area contributed by atoms with Gasteiger partial charge in [-0.15, -0.1) is 11.3 Å². The molecule has 78 valence electrons. The second-order valence-corrected chi connectivity index (χ2v) is 4.13. The van der Waals surface area contributed by atoms with Gasteiger partial charge in [0.05, 0.1) is 17.7 Å². The van der Waals surface area contributed by atoms with E-state index >= 15 is 0 Å². The molecule has 2 heterocycles. The lowest BCUT2D eigenvalue weighted by Gasteiger charge is -2.04. The van der Waals surface area contributed by atoms with Crippen LogP contribution in [0.1, 0.15) is 10.6 Å². The number of aromatic nitrogens is 2. The largest absolute Gasteiger partial charge is 0.399 e. The van der Waals surface area contributed by atoms with E-state index in [9.17, 15) is 0 Å². The molecular weight excluding hydrogens is 208 g/mol. The van der Waals surface area contributed by atoms with Crippen LogP contribution in [0, 0.1) is 6.92 Å². The number of nitrogens with zero attached hydrogens (tertiary/aromatic N) is 2. The molecule has 0 fully saturated rings. The van der Waals surface area contributed by atoms with Crippen LogP contribution in [0.2, 0.25) is 0 Å². The van der Waals surface area contributed by atoms with E-state index in [2.05, 4.69) is 15.3 Å². The Hall–Kier alpha value is -1.62. The van der Waals surface area contributed by atoms with Gasteiger partial charge in [0.15, 0.2) is 0 Å².